The van der Waals surface area contributed by atoms with Crippen molar-refractivity contribution in [2.45, 2.75) is 19.1 Å². The molecule has 5 rings (SSSR count). The molecule has 2 aromatic carbocycles. The van der Waals surface area contributed by atoms with Crippen molar-refractivity contribution in [1.82, 2.24) is 14.3 Å². The first-order valence-electron chi connectivity index (χ1n) is 10.2. The number of nitrogens with one attached hydrogen (secondary N) is 1. The van der Waals surface area contributed by atoms with Crippen LogP contribution in [0.2, 0.25) is 0 Å². The van der Waals surface area contributed by atoms with Gasteiger partial charge in [-0.2, -0.15) is 0 Å². The molecule has 7 heteroatoms. The van der Waals surface area contributed by atoms with Crippen LogP contribution >= 0.6 is 0 Å². The van der Waals surface area contributed by atoms with Gasteiger partial charge in [-0.15, -0.1) is 0 Å². The van der Waals surface area contributed by atoms with Gasteiger partial charge in [0.05, 0.1) is 16.3 Å². The maximum absolute atomic E-state index is 12.5. The predicted octanol–water partition coefficient (Wildman–Crippen LogP) is 3.34. The number of sulfonamides is 1. The smallest absolute Gasteiger partial charge is 0.216 e. The fraction of sp³-hybridized carbons (Fsp3) is 0.409. The molecule has 0 bridgehead atoms. The summed E-state index contributed by atoms with van der Waals surface area (Å²) in [7, 11) is -3.16. The average Bonchev–Trinajstić information content (AvgIpc) is 3.40. The summed E-state index contributed by atoms with van der Waals surface area (Å²) in [5.74, 6) is 1.63. The number of rotatable bonds is 4. The zero-order valence-corrected chi connectivity index (χ0v) is 17.6. The normalized spacial score (nSPS) is 22.7. The van der Waals surface area contributed by atoms with Crippen LogP contribution in [0.3, 0.4) is 0 Å². The number of hydrogen-bond acceptors (Lipinski definition) is 4. The lowest BCUT2D eigenvalue weighted by Crippen LogP contribution is -2.37. The summed E-state index contributed by atoms with van der Waals surface area (Å²) in [4.78, 5) is 10.6. The van der Waals surface area contributed by atoms with Gasteiger partial charge >= 0.3 is 0 Å². The fourth-order valence-corrected chi connectivity index (χ4v) is 5.98. The topological polar surface area (TPSA) is 69.3 Å². The maximum atomic E-state index is 12.5. The molecule has 2 aliphatic heterocycles. The first-order chi connectivity index (χ1) is 13.9. The van der Waals surface area contributed by atoms with E-state index in [0.29, 0.717) is 24.9 Å². The van der Waals surface area contributed by atoms with Crippen LogP contribution in [0, 0.1) is 11.8 Å². The summed E-state index contributed by atoms with van der Waals surface area (Å²) in [6, 6.07) is 16.6. The highest BCUT2D eigenvalue weighted by Crippen LogP contribution is 2.35. The molecule has 0 radical (unpaired) electrons. The van der Waals surface area contributed by atoms with E-state index >= 15 is 0 Å². The van der Waals surface area contributed by atoms with E-state index in [1.807, 2.05) is 18.2 Å². The molecule has 2 atom stereocenters. The summed E-state index contributed by atoms with van der Waals surface area (Å²) >= 11 is 0. The predicted molar refractivity (Wildman–Crippen MR) is 116 cm³/mol. The van der Waals surface area contributed by atoms with E-state index in [0.717, 1.165) is 35.6 Å². The first kappa shape index (κ1) is 18.6. The highest BCUT2D eigenvalue weighted by atomic mass is 32.2. The van der Waals surface area contributed by atoms with Crippen LogP contribution < -0.4 is 4.90 Å². The number of nitrogens with zero attached hydrogens (tertiary/aromatic N) is 3. The highest BCUT2D eigenvalue weighted by Gasteiger charge is 2.45. The second-order valence-corrected chi connectivity index (χ2v) is 11.0. The molecule has 0 unspecified atom stereocenters. The second-order valence-electron chi connectivity index (χ2n) is 8.49. The molecule has 0 spiro atoms. The van der Waals surface area contributed by atoms with Crippen molar-refractivity contribution in [1.29, 1.82) is 0 Å². The molecule has 2 saturated heterocycles. The number of fused-ring (bicyclic) bond motifs is 2. The zero-order valence-electron chi connectivity index (χ0n) is 16.7. The maximum Gasteiger partial charge on any atom is 0.216 e. The van der Waals surface area contributed by atoms with E-state index in [1.54, 1.807) is 18.2 Å². The van der Waals surface area contributed by atoms with E-state index < -0.39 is 10.0 Å². The Morgan fingerprint density at radius 1 is 0.966 bits per heavy atom. The average molecular weight is 411 g/mol. The fourth-order valence-electron chi connectivity index (χ4n) is 4.58. The van der Waals surface area contributed by atoms with Crippen LogP contribution in [0.25, 0.3) is 22.2 Å². The molecule has 6 nitrogen and oxygen atoms in total. The van der Waals surface area contributed by atoms with Crippen molar-refractivity contribution in [3.63, 3.8) is 0 Å². The van der Waals surface area contributed by atoms with Gasteiger partial charge in [-0.05, 0) is 48.9 Å². The van der Waals surface area contributed by atoms with E-state index in [9.17, 15) is 8.42 Å². The van der Waals surface area contributed by atoms with Crippen molar-refractivity contribution in [3.8, 4) is 11.1 Å². The van der Waals surface area contributed by atoms with Crippen LogP contribution in [0.15, 0.2) is 48.5 Å². The highest BCUT2D eigenvalue weighted by molar-refractivity contribution is 7.89. The summed E-state index contributed by atoms with van der Waals surface area (Å²) < 4.78 is 26.6. The van der Waals surface area contributed by atoms with Crippen LogP contribution in [0.5, 0.6) is 0 Å². The van der Waals surface area contributed by atoms with Crippen molar-refractivity contribution < 1.29 is 8.42 Å². The van der Waals surface area contributed by atoms with Crippen LogP contribution in [-0.2, 0) is 10.0 Å². The molecular weight excluding hydrogens is 384 g/mol. The minimum absolute atomic E-state index is 0.355. The number of hydrogen-bond donors (Lipinski definition) is 1. The van der Waals surface area contributed by atoms with E-state index in [1.165, 1.54) is 5.56 Å². The number of aromatic amines is 1. The lowest BCUT2D eigenvalue weighted by Gasteiger charge is -2.22. The van der Waals surface area contributed by atoms with E-state index in [4.69, 9.17) is 4.98 Å². The molecule has 0 aliphatic carbocycles. The molecule has 1 aromatic heterocycles. The van der Waals surface area contributed by atoms with Crippen molar-refractivity contribution in [3.05, 3.63) is 48.5 Å². The molecule has 29 heavy (non-hydrogen) atoms. The lowest BCUT2D eigenvalue weighted by molar-refractivity contribution is 0.446. The van der Waals surface area contributed by atoms with Crippen LogP contribution in [0.4, 0.5) is 5.95 Å². The Morgan fingerprint density at radius 3 is 2.31 bits per heavy atom. The minimum Gasteiger partial charge on any atom is -0.342 e. The Labute approximate surface area is 171 Å². The Bertz CT molecular complexity index is 1130. The largest absolute Gasteiger partial charge is 0.342 e. The number of H-pyrrole nitrogens is 1. The summed E-state index contributed by atoms with van der Waals surface area (Å²) in [6.07, 6.45) is 0. The van der Waals surface area contributed by atoms with Gasteiger partial charge in [0.25, 0.3) is 0 Å². The third-order valence-electron chi connectivity index (χ3n) is 6.29. The van der Waals surface area contributed by atoms with Gasteiger partial charge in [0.1, 0.15) is 0 Å². The molecule has 3 heterocycles. The quantitative estimate of drug-likeness (QED) is 0.716. The lowest BCUT2D eigenvalue weighted by atomic mass is 10.0. The number of aromatic nitrogens is 2. The van der Waals surface area contributed by atoms with Crippen LogP contribution in [-0.4, -0.2) is 54.1 Å². The Balaban J connectivity index is 1.34. The molecule has 2 aliphatic rings. The summed E-state index contributed by atoms with van der Waals surface area (Å²) in [5.41, 5.74) is 4.33. The van der Waals surface area contributed by atoms with Crippen molar-refractivity contribution >= 4 is 27.0 Å². The Hall–Kier alpha value is -2.38. The molecule has 0 amide bonds. The molecule has 152 valence electrons. The van der Waals surface area contributed by atoms with Gasteiger partial charge < -0.3 is 9.88 Å². The minimum atomic E-state index is -3.16. The molecule has 1 N–H and O–H groups in total. The molecular formula is C22H26N4O2S. The molecule has 3 aromatic rings. The summed E-state index contributed by atoms with van der Waals surface area (Å²) in [5, 5.41) is -0.355. The van der Waals surface area contributed by atoms with Gasteiger partial charge in [0.15, 0.2) is 0 Å². The summed E-state index contributed by atoms with van der Waals surface area (Å²) in [6.45, 7) is 6.46. The number of imidazole rings is 1. The molecule has 0 saturated carbocycles. The van der Waals surface area contributed by atoms with Gasteiger partial charge in [-0.25, -0.2) is 17.7 Å². The van der Waals surface area contributed by atoms with Crippen LogP contribution in [0.1, 0.15) is 13.8 Å². The third-order valence-corrected chi connectivity index (χ3v) is 8.49. The van der Waals surface area contributed by atoms with E-state index in [2.05, 4.69) is 40.2 Å². The van der Waals surface area contributed by atoms with Gasteiger partial charge in [-0.1, -0.05) is 36.4 Å². The first-order valence-corrected chi connectivity index (χ1v) is 11.7. The standard InChI is InChI=1S/C22H26N4O2S/c1-15(2)29(27,28)26-13-18-11-25(12-19(18)14-26)22-23-20-9-8-17(10-21(20)24-22)16-6-4-3-5-7-16/h3-10,15,18-19H,11-14H2,1-2H3,(H,23,24)/t18-,19+. The van der Waals surface area contributed by atoms with Gasteiger partial charge in [0, 0.05) is 26.2 Å². The second kappa shape index (κ2) is 6.85. The van der Waals surface area contributed by atoms with Crippen molar-refractivity contribution in [2.24, 2.45) is 11.8 Å². The zero-order chi connectivity index (χ0) is 20.2. The van der Waals surface area contributed by atoms with Gasteiger partial charge in [0.2, 0.25) is 16.0 Å². The SMILES string of the molecule is CC(C)S(=O)(=O)N1C[C@H]2CN(c3nc4cc(-c5ccccc5)ccc4[nH]3)C[C@H]2C1. The molecule has 2 fully saturated rings. The van der Waals surface area contributed by atoms with E-state index in [-0.39, 0.29) is 5.25 Å². The third kappa shape index (κ3) is 3.22. The number of anilines is 1. The van der Waals surface area contributed by atoms with Crippen molar-refractivity contribution in [2.75, 3.05) is 31.1 Å². The monoisotopic (exact) mass is 410 g/mol. The van der Waals surface area contributed by atoms with Gasteiger partial charge in [-0.3, -0.25) is 0 Å². The Morgan fingerprint density at radius 2 is 1.66 bits per heavy atom. The Kier molecular flexibility index (Phi) is 4.40. The number of benzene rings is 2.